The molecule has 1 aliphatic heterocycles. The number of carboxylic acids is 1. The zero-order valence-electron chi connectivity index (χ0n) is 20.8. The van der Waals surface area contributed by atoms with Gasteiger partial charge in [0.25, 0.3) is 0 Å². The third-order valence-electron chi connectivity index (χ3n) is 6.01. The van der Waals surface area contributed by atoms with Crippen LogP contribution in [0.4, 0.5) is 18.9 Å². The summed E-state index contributed by atoms with van der Waals surface area (Å²) in [6.07, 6.45) is -0.921. The van der Waals surface area contributed by atoms with Crippen LogP contribution in [-0.2, 0) is 15.7 Å². The molecule has 0 radical (unpaired) electrons. The van der Waals surface area contributed by atoms with Gasteiger partial charge in [-0.15, -0.1) is 0 Å². The fourth-order valence-corrected chi connectivity index (χ4v) is 4.31. The van der Waals surface area contributed by atoms with Crippen molar-refractivity contribution in [3.05, 3.63) is 52.3 Å². The van der Waals surface area contributed by atoms with Crippen molar-refractivity contribution in [2.45, 2.75) is 38.4 Å². The van der Waals surface area contributed by atoms with Gasteiger partial charge in [-0.3, -0.25) is 9.59 Å². The molecule has 1 atom stereocenters. The fraction of sp³-hybridized carbons (Fsp3) is 0.480. The van der Waals surface area contributed by atoms with Crippen molar-refractivity contribution < 1.29 is 37.3 Å². The molecular formula is C25H31ClF3N3O5. The summed E-state index contributed by atoms with van der Waals surface area (Å²) in [6, 6.07) is 5.00. The van der Waals surface area contributed by atoms with E-state index in [-0.39, 0.29) is 28.2 Å². The van der Waals surface area contributed by atoms with Crippen LogP contribution in [0.2, 0.25) is 5.02 Å². The van der Waals surface area contributed by atoms with E-state index >= 15 is 0 Å². The summed E-state index contributed by atoms with van der Waals surface area (Å²) in [5, 5.41) is 15.1. The number of hydrogen-bond acceptors (Lipinski definition) is 7. The van der Waals surface area contributed by atoms with Crippen LogP contribution in [0, 0.1) is 5.41 Å². The number of methoxy groups -OCH3 is 1. The first-order valence-corrected chi connectivity index (χ1v) is 11.9. The number of aromatic nitrogens is 1. The van der Waals surface area contributed by atoms with E-state index in [1.807, 2.05) is 7.05 Å². The molecule has 12 heteroatoms. The van der Waals surface area contributed by atoms with Crippen LogP contribution in [0.5, 0.6) is 5.75 Å². The Labute approximate surface area is 218 Å². The summed E-state index contributed by atoms with van der Waals surface area (Å²) in [5.74, 6) is -0.485. The van der Waals surface area contributed by atoms with Crippen LogP contribution in [0.15, 0.2) is 30.5 Å². The van der Waals surface area contributed by atoms with Crippen molar-refractivity contribution in [2.24, 2.45) is 5.41 Å². The maximum Gasteiger partial charge on any atom is 0.433 e. The highest BCUT2D eigenvalue weighted by molar-refractivity contribution is 6.33. The lowest BCUT2D eigenvalue weighted by Crippen LogP contribution is -2.39. The molecule has 8 nitrogen and oxygen atoms in total. The van der Waals surface area contributed by atoms with Crippen LogP contribution in [0.3, 0.4) is 0 Å². The van der Waals surface area contributed by atoms with E-state index in [0.717, 1.165) is 31.6 Å². The van der Waals surface area contributed by atoms with Gasteiger partial charge in [0.15, 0.2) is 0 Å². The van der Waals surface area contributed by atoms with Gasteiger partial charge in [-0.2, -0.15) is 13.2 Å². The van der Waals surface area contributed by atoms with Gasteiger partial charge in [0.2, 0.25) is 0 Å². The highest BCUT2D eigenvalue weighted by Gasteiger charge is 2.35. The lowest BCUT2D eigenvalue weighted by atomic mass is 9.77. The van der Waals surface area contributed by atoms with Gasteiger partial charge in [-0.1, -0.05) is 11.6 Å². The molecule has 0 saturated carbocycles. The fourth-order valence-electron chi connectivity index (χ4n) is 4.07. The van der Waals surface area contributed by atoms with Gasteiger partial charge >= 0.3 is 12.1 Å². The van der Waals surface area contributed by atoms with Crippen LogP contribution in [0.25, 0.3) is 0 Å². The van der Waals surface area contributed by atoms with Crippen molar-refractivity contribution in [3.8, 4) is 5.75 Å². The number of hydrogen-bond donors (Lipinski definition) is 3. The van der Waals surface area contributed by atoms with Gasteiger partial charge in [-0.05, 0) is 56.5 Å². The second-order valence-electron chi connectivity index (χ2n) is 8.75. The molecule has 1 aliphatic rings. The molecule has 0 amide bonds. The SMILES string of the molecule is CNCC1(CC(=O)O)CCOCC1.COc1cnc(C(F)(F)F)cc1[C@H](C)Nc1ccc(C=O)cc1Cl. The Morgan fingerprint density at radius 1 is 1.32 bits per heavy atom. The summed E-state index contributed by atoms with van der Waals surface area (Å²) in [5.41, 5.74) is 0.0877. The summed E-state index contributed by atoms with van der Waals surface area (Å²) in [4.78, 5) is 24.8. The lowest BCUT2D eigenvalue weighted by Gasteiger charge is -2.35. The van der Waals surface area contributed by atoms with Crippen LogP contribution in [0.1, 0.15) is 53.8 Å². The molecule has 0 bridgehead atoms. The topological polar surface area (TPSA) is 110 Å². The lowest BCUT2D eigenvalue weighted by molar-refractivity contribution is -0.142. The maximum atomic E-state index is 12.9. The third kappa shape index (κ3) is 8.87. The van der Waals surface area contributed by atoms with Gasteiger partial charge in [0, 0.05) is 30.9 Å². The van der Waals surface area contributed by atoms with Crippen molar-refractivity contribution in [1.82, 2.24) is 10.3 Å². The highest BCUT2D eigenvalue weighted by Crippen LogP contribution is 2.35. The number of pyridine rings is 1. The molecule has 0 aliphatic carbocycles. The number of alkyl halides is 3. The van der Waals surface area contributed by atoms with Crippen LogP contribution < -0.4 is 15.4 Å². The number of carbonyl (C=O) groups is 2. The average molecular weight is 546 g/mol. The number of rotatable bonds is 9. The summed E-state index contributed by atoms with van der Waals surface area (Å²) >= 11 is 6.07. The number of nitrogens with zero attached hydrogens (tertiary/aromatic N) is 1. The van der Waals surface area contributed by atoms with E-state index in [9.17, 15) is 22.8 Å². The zero-order valence-corrected chi connectivity index (χ0v) is 21.6. The molecule has 2 heterocycles. The van der Waals surface area contributed by atoms with Crippen LogP contribution in [-0.4, -0.2) is 56.3 Å². The maximum absolute atomic E-state index is 12.9. The van der Waals surface area contributed by atoms with Crippen molar-refractivity contribution in [1.29, 1.82) is 0 Å². The molecule has 3 rings (SSSR count). The van der Waals surface area contributed by atoms with E-state index in [1.165, 1.54) is 13.2 Å². The van der Waals surface area contributed by atoms with E-state index < -0.39 is 23.9 Å². The Bertz CT molecular complexity index is 1060. The largest absolute Gasteiger partial charge is 0.495 e. The molecule has 1 aromatic heterocycles. The molecule has 2 aromatic rings. The smallest absolute Gasteiger partial charge is 0.433 e. The highest BCUT2D eigenvalue weighted by atomic mass is 35.5. The number of aliphatic carboxylic acids is 1. The van der Waals surface area contributed by atoms with Crippen molar-refractivity contribution in [3.63, 3.8) is 0 Å². The molecule has 204 valence electrons. The second kappa shape index (κ2) is 13.6. The first kappa shape index (κ1) is 30.3. The van der Waals surface area contributed by atoms with E-state index in [1.54, 1.807) is 19.1 Å². The summed E-state index contributed by atoms with van der Waals surface area (Å²) in [6.45, 7) is 3.81. The van der Waals surface area contributed by atoms with Gasteiger partial charge in [0.05, 0.1) is 36.5 Å². The Balaban J connectivity index is 0.000000312. The number of aldehydes is 1. The molecular weight excluding hydrogens is 515 g/mol. The predicted octanol–water partition coefficient (Wildman–Crippen LogP) is 5.23. The summed E-state index contributed by atoms with van der Waals surface area (Å²) in [7, 11) is 3.21. The minimum Gasteiger partial charge on any atom is -0.495 e. The molecule has 37 heavy (non-hydrogen) atoms. The third-order valence-corrected chi connectivity index (χ3v) is 6.32. The van der Waals surface area contributed by atoms with Crippen LogP contribution >= 0.6 is 11.6 Å². The molecule has 3 N–H and O–H groups in total. The Kier molecular flexibility index (Phi) is 11.1. The first-order valence-electron chi connectivity index (χ1n) is 11.5. The minimum absolute atomic E-state index is 0.0845. The number of anilines is 1. The number of carbonyl (C=O) groups excluding carboxylic acids is 1. The number of halogens is 4. The van der Waals surface area contributed by atoms with Gasteiger partial charge < -0.3 is 25.2 Å². The normalized spacial score (nSPS) is 15.6. The van der Waals surface area contributed by atoms with Gasteiger partial charge in [0.1, 0.15) is 17.7 Å². The number of carboxylic acid groups (broad SMARTS) is 1. The second-order valence-corrected chi connectivity index (χ2v) is 9.15. The Hall–Kier alpha value is -2.89. The quantitative estimate of drug-likeness (QED) is 0.368. The Morgan fingerprint density at radius 2 is 2.00 bits per heavy atom. The molecule has 0 spiro atoms. The zero-order chi connectivity index (χ0) is 27.6. The predicted molar refractivity (Wildman–Crippen MR) is 133 cm³/mol. The average Bonchev–Trinajstić information content (AvgIpc) is 2.84. The molecule has 0 unspecified atom stereocenters. The van der Waals surface area contributed by atoms with Crippen molar-refractivity contribution in [2.75, 3.05) is 39.2 Å². The number of nitrogens with one attached hydrogen (secondary N) is 2. The number of ether oxygens (including phenoxy) is 2. The summed E-state index contributed by atoms with van der Waals surface area (Å²) < 4.78 is 48.9. The van der Waals surface area contributed by atoms with E-state index in [0.29, 0.717) is 30.8 Å². The standard InChI is InChI=1S/C16H14ClF3N2O2.C9H17NO3/c1-9(22-13-4-3-10(8-23)5-12(13)17)11-6-15(16(18,19)20)21-7-14(11)24-2;1-10-7-9(6-8(11)12)2-4-13-5-3-9/h3-9,22H,1-2H3;10H,2-7H2,1H3,(H,11,12)/t9-;/m0./s1. The van der Waals surface area contributed by atoms with Gasteiger partial charge in [-0.25, -0.2) is 4.98 Å². The molecule has 1 fully saturated rings. The minimum atomic E-state index is -4.55. The molecule has 1 aromatic carbocycles. The van der Waals surface area contributed by atoms with Crippen molar-refractivity contribution >= 4 is 29.5 Å². The molecule has 1 saturated heterocycles. The van der Waals surface area contributed by atoms with E-state index in [2.05, 4.69) is 15.6 Å². The first-order chi connectivity index (χ1) is 17.4. The Morgan fingerprint density at radius 3 is 2.51 bits per heavy atom. The number of benzene rings is 1. The monoisotopic (exact) mass is 545 g/mol. The van der Waals surface area contributed by atoms with E-state index in [4.69, 9.17) is 26.2 Å².